The van der Waals surface area contributed by atoms with Crippen molar-refractivity contribution in [3.05, 3.63) is 99.5 Å². The predicted octanol–water partition coefficient (Wildman–Crippen LogP) is 5.42. The Balaban J connectivity index is 2.07. The molecule has 0 spiro atoms. The van der Waals surface area contributed by atoms with Crippen molar-refractivity contribution in [2.24, 2.45) is 0 Å². The number of hydrogen-bond donors (Lipinski definition) is 1. The molecule has 3 aromatic rings. The summed E-state index contributed by atoms with van der Waals surface area (Å²) in [5.41, 5.74) is 1.92. The molecule has 39 heavy (non-hydrogen) atoms. The van der Waals surface area contributed by atoms with Gasteiger partial charge in [0.1, 0.15) is 12.6 Å². The van der Waals surface area contributed by atoms with Crippen molar-refractivity contribution in [2.45, 2.75) is 45.3 Å². The Morgan fingerprint density at radius 2 is 1.62 bits per heavy atom. The van der Waals surface area contributed by atoms with Crippen LogP contribution in [0.5, 0.6) is 0 Å². The standard InChI is InChI=1S/C29H33BrClN3O4S/c1-4-21(2)32-29(36)27(18-22-11-6-5-7-12-22)33(19-23-13-10-14-24(31)17-23)28(35)20-34(39(3,37)38)26-16-9-8-15-25(26)30/h5-17,21,27H,4,18-20H2,1-3H3,(H,32,36)/t21-,27+/m0/s1. The van der Waals surface area contributed by atoms with Crippen LogP contribution in [0.3, 0.4) is 0 Å². The van der Waals surface area contributed by atoms with E-state index in [1.165, 1.54) is 4.90 Å². The predicted molar refractivity (Wildman–Crippen MR) is 160 cm³/mol. The smallest absolute Gasteiger partial charge is 0.244 e. The highest BCUT2D eigenvalue weighted by Crippen LogP contribution is 2.28. The normalized spacial score (nSPS) is 12.8. The number of hydrogen-bond acceptors (Lipinski definition) is 4. The van der Waals surface area contributed by atoms with Crippen LogP contribution in [0, 0.1) is 0 Å². The number of nitrogens with zero attached hydrogens (tertiary/aromatic N) is 2. The van der Waals surface area contributed by atoms with Crippen LogP contribution in [0.4, 0.5) is 5.69 Å². The maximum atomic E-state index is 14.1. The minimum Gasteiger partial charge on any atom is -0.352 e. The van der Waals surface area contributed by atoms with E-state index < -0.39 is 28.5 Å². The maximum Gasteiger partial charge on any atom is 0.244 e. The molecule has 2 amide bonds. The molecule has 3 aromatic carbocycles. The third-order valence-corrected chi connectivity index (χ3v) is 8.35. The molecule has 0 aromatic heterocycles. The fourth-order valence-electron chi connectivity index (χ4n) is 4.08. The lowest BCUT2D eigenvalue weighted by Gasteiger charge is -2.34. The van der Waals surface area contributed by atoms with Gasteiger partial charge in [0.2, 0.25) is 21.8 Å². The average Bonchev–Trinajstić information content (AvgIpc) is 2.89. The number of anilines is 1. The van der Waals surface area contributed by atoms with E-state index in [0.717, 1.165) is 28.1 Å². The van der Waals surface area contributed by atoms with Gasteiger partial charge in [-0.3, -0.25) is 13.9 Å². The fraction of sp³-hybridized carbons (Fsp3) is 0.310. The summed E-state index contributed by atoms with van der Waals surface area (Å²) in [6.45, 7) is 3.45. The van der Waals surface area contributed by atoms with Gasteiger partial charge in [-0.2, -0.15) is 0 Å². The highest BCUT2D eigenvalue weighted by Gasteiger charge is 2.33. The van der Waals surface area contributed by atoms with E-state index in [1.807, 2.05) is 50.2 Å². The van der Waals surface area contributed by atoms with Gasteiger partial charge in [0, 0.05) is 28.5 Å². The minimum atomic E-state index is -3.84. The summed E-state index contributed by atoms with van der Waals surface area (Å²) in [6.07, 6.45) is 2.03. The van der Waals surface area contributed by atoms with Crippen LogP contribution in [0.25, 0.3) is 0 Å². The molecule has 0 heterocycles. The molecule has 0 saturated carbocycles. The first-order valence-electron chi connectivity index (χ1n) is 12.6. The maximum absolute atomic E-state index is 14.1. The fourth-order valence-corrected chi connectivity index (χ4v) is 5.77. The Labute approximate surface area is 244 Å². The molecular weight excluding hydrogens is 602 g/mol. The van der Waals surface area contributed by atoms with E-state index in [9.17, 15) is 18.0 Å². The molecule has 1 N–H and O–H groups in total. The number of nitrogens with one attached hydrogen (secondary N) is 1. The van der Waals surface area contributed by atoms with Crippen molar-refractivity contribution < 1.29 is 18.0 Å². The highest BCUT2D eigenvalue weighted by molar-refractivity contribution is 9.10. The second-order valence-corrected chi connectivity index (χ2v) is 12.6. The molecule has 0 aliphatic carbocycles. The minimum absolute atomic E-state index is 0.0678. The number of amides is 2. The number of halogens is 2. The van der Waals surface area contributed by atoms with E-state index in [0.29, 0.717) is 15.2 Å². The topological polar surface area (TPSA) is 86.8 Å². The van der Waals surface area contributed by atoms with Gasteiger partial charge >= 0.3 is 0 Å². The summed E-state index contributed by atoms with van der Waals surface area (Å²) < 4.78 is 27.3. The molecule has 2 atom stereocenters. The number of carbonyl (C=O) groups is 2. The summed E-state index contributed by atoms with van der Waals surface area (Å²) in [5.74, 6) is -0.827. The van der Waals surface area contributed by atoms with Gasteiger partial charge in [-0.1, -0.05) is 73.1 Å². The molecule has 0 radical (unpaired) electrons. The first kappa shape index (κ1) is 30.7. The van der Waals surface area contributed by atoms with Gasteiger partial charge in [-0.25, -0.2) is 8.42 Å². The van der Waals surface area contributed by atoms with Crippen LogP contribution >= 0.6 is 27.5 Å². The van der Waals surface area contributed by atoms with Crippen molar-refractivity contribution in [3.8, 4) is 0 Å². The van der Waals surface area contributed by atoms with Crippen molar-refractivity contribution in [2.75, 3.05) is 17.1 Å². The van der Waals surface area contributed by atoms with Crippen molar-refractivity contribution >= 4 is 55.1 Å². The number of carbonyl (C=O) groups excluding carboxylic acids is 2. The molecule has 208 valence electrons. The first-order chi connectivity index (χ1) is 18.5. The SMILES string of the molecule is CC[C@H](C)NC(=O)[C@@H](Cc1ccccc1)N(Cc1cccc(Cl)c1)C(=O)CN(c1ccccc1Br)S(C)(=O)=O. The van der Waals surface area contributed by atoms with Crippen molar-refractivity contribution in [3.63, 3.8) is 0 Å². The zero-order chi connectivity index (χ0) is 28.6. The average molecular weight is 635 g/mol. The Morgan fingerprint density at radius 1 is 0.974 bits per heavy atom. The zero-order valence-corrected chi connectivity index (χ0v) is 25.3. The molecule has 7 nitrogen and oxygen atoms in total. The molecule has 10 heteroatoms. The van der Waals surface area contributed by atoms with E-state index in [1.54, 1.807) is 42.5 Å². The number of sulfonamides is 1. The monoisotopic (exact) mass is 633 g/mol. The van der Waals surface area contributed by atoms with Gasteiger partial charge < -0.3 is 10.2 Å². The summed E-state index contributed by atoms with van der Waals surface area (Å²) in [7, 11) is -3.84. The Hall–Kier alpha value is -2.88. The molecule has 3 rings (SSSR count). The third kappa shape index (κ3) is 8.81. The van der Waals surface area contributed by atoms with E-state index in [2.05, 4.69) is 21.2 Å². The first-order valence-corrected chi connectivity index (χ1v) is 15.6. The van der Waals surface area contributed by atoms with Gasteiger partial charge in [0.15, 0.2) is 0 Å². The molecule has 0 fully saturated rings. The summed E-state index contributed by atoms with van der Waals surface area (Å²) in [6, 6.07) is 22.3. The quantitative estimate of drug-likeness (QED) is 0.288. The third-order valence-electron chi connectivity index (χ3n) is 6.31. The Morgan fingerprint density at radius 3 is 2.23 bits per heavy atom. The molecule has 0 bridgehead atoms. The van der Waals surface area contributed by atoms with E-state index in [4.69, 9.17) is 11.6 Å². The lowest BCUT2D eigenvalue weighted by molar-refractivity contribution is -0.140. The second kappa shape index (κ2) is 14.0. The van der Waals surface area contributed by atoms with Crippen molar-refractivity contribution in [1.82, 2.24) is 10.2 Å². The highest BCUT2D eigenvalue weighted by atomic mass is 79.9. The zero-order valence-electron chi connectivity index (χ0n) is 22.2. The number of rotatable bonds is 12. The molecule has 0 aliphatic heterocycles. The van der Waals surface area contributed by atoms with Crippen LogP contribution < -0.4 is 9.62 Å². The van der Waals surface area contributed by atoms with Gasteiger partial charge in [-0.05, 0) is 64.7 Å². The Bertz CT molecular complexity index is 1390. The number of benzene rings is 3. The second-order valence-electron chi connectivity index (χ2n) is 9.40. The Kier molecular flexibility index (Phi) is 11.0. The lowest BCUT2D eigenvalue weighted by Crippen LogP contribution is -2.54. The largest absolute Gasteiger partial charge is 0.352 e. The van der Waals surface area contributed by atoms with Crippen LogP contribution in [-0.4, -0.2) is 50.0 Å². The summed E-state index contributed by atoms with van der Waals surface area (Å²) in [5, 5.41) is 3.50. The van der Waals surface area contributed by atoms with Crippen LogP contribution in [0.2, 0.25) is 5.02 Å². The molecular formula is C29H33BrClN3O4S. The summed E-state index contributed by atoms with van der Waals surface area (Å²) >= 11 is 9.63. The van der Waals surface area contributed by atoms with Crippen molar-refractivity contribution in [1.29, 1.82) is 0 Å². The van der Waals surface area contributed by atoms with Gasteiger partial charge in [0.25, 0.3) is 0 Å². The van der Waals surface area contributed by atoms with Crippen LogP contribution in [-0.2, 0) is 32.6 Å². The van der Waals surface area contributed by atoms with E-state index in [-0.39, 0.29) is 24.9 Å². The van der Waals surface area contributed by atoms with Gasteiger partial charge in [0.05, 0.1) is 11.9 Å². The van der Waals surface area contributed by atoms with Gasteiger partial charge in [-0.15, -0.1) is 0 Å². The molecule has 0 saturated heterocycles. The number of para-hydroxylation sites is 1. The lowest BCUT2D eigenvalue weighted by atomic mass is 10.0. The summed E-state index contributed by atoms with van der Waals surface area (Å²) in [4.78, 5) is 29.2. The molecule has 0 unspecified atom stereocenters. The van der Waals surface area contributed by atoms with Crippen LogP contribution in [0.15, 0.2) is 83.3 Å². The van der Waals surface area contributed by atoms with E-state index >= 15 is 0 Å². The van der Waals surface area contributed by atoms with Crippen LogP contribution in [0.1, 0.15) is 31.4 Å². The molecule has 0 aliphatic rings.